The highest BCUT2D eigenvalue weighted by molar-refractivity contribution is 5.91. The van der Waals surface area contributed by atoms with E-state index in [1.165, 1.54) is 18.4 Å². The van der Waals surface area contributed by atoms with Crippen LogP contribution in [0.4, 0.5) is 0 Å². The highest BCUT2D eigenvalue weighted by Crippen LogP contribution is 2.41. The first-order chi connectivity index (χ1) is 17.2. The number of nitrogens with zero attached hydrogens (tertiary/aromatic N) is 2. The van der Waals surface area contributed by atoms with E-state index in [-0.39, 0.29) is 49.5 Å². The summed E-state index contributed by atoms with van der Waals surface area (Å²) in [5.41, 5.74) is 1.62. The van der Waals surface area contributed by atoms with E-state index < -0.39 is 23.5 Å². The predicted octanol–water partition coefficient (Wildman–Crippen LogP) is 2.21. The SMILES string of the molecule is CC[C@@]1(O)C(=O)OCc2c1cc1n(c2=O)Cc2c-1nc1cccc(COC(C)=O)c1c2COC(C)=O. The largest absolute Gasteiger partial charge is 0.461 e. The van der Waals surface area contributed by atoms with Gasteiger partial charge in [0.05, 0.1) is 29.0 Å². The van der Waals surface area contributed by atoms with Gasteiger partial charge in [0.15, 0.2) is 5.60 Å². The molecule has 0 radical (unpaired) electrons. The van der Waals surface area contributed by atoms with Crippen molar-refractivity contribution in [2.75, 3.05) is 0 Å². The van der Waals surface area contributed by atoms with E-state index >= 15 is 0 Å². The van der Waals surface area contributed by atoms with E-state index in [0.717, 1.165) is 0 Å². The standard InChI is InChI=1S/C26H24N2O8/c1-4-26(33)19-8-21-23-16(9-28(21)24(31)18(19)12-36-25(26)32)17(11-35-14(3)30)22-15(10-34-13(2)29)6-5-7-20(22)27-23/h5-8,33H,4,9-12H2,1-3H3/t26-/m0/s1. The van der Waals surface area contributed by atoms with Crippen LogP contribution in [-0.2, 0) is 60.6 Å². The van der Waals surface area contributed by atoms with Crippen LogP contribution in [0.25, 0.3) is 22.3 Å². The Morgan fingerprint density at radius 3 is 2.56 bits per heavy atom. The number of aliphatic hydroxyl groups is 1. The number of rotatable bonds is 5. The molecule has 10 nitrogen and oxygen atoms in total. The maximum atomic E-state index is 13.5. The Labute approximate surface area is 205 Å². The molecule has 0 saturated carbocycles. The van der Waals surface area contributed by atoms with Crippen LogP contribution < -0.4 is 5.56 Å². The monoisotopic (exact) mass is 492 g/mol. The Morgan fingerprint density at radius 1 is 1.14 bits per heavy atom. The second-order valence-corrected chi connectivity index (χ2v) is 8.89. The van der Waals surface area contributed by atoms with Gasteiger partial charge >= 0.3 is 17.9 Å². The van der Waals surface area contributed by atoms with E-state index in [4.69, 9.17) is 19.2 Å². The Balaban J connectivity index is 1.77. The molecule has 3 aromatic rings. The molecule has 36 heavy (non-hydrogen) atoms. The van der Waals surface area contributed by atoms with Crippen LogP contribution in [0, 0.1) is 0 Å². The molecule has 0 bridgehead atoms. The first kappa shape index (κ1) is 23.7. The van der Waals surface area contributed by atoms with Crippen molar-refractivity contribution in [1.82, 2.24) is 9.55 Å². The predicted molar refractivity (Wildman–Crippen MR) is 125 cm³/mol. The van der Waals surface area contributed by atoms with E-state index in [1.807, 2.05) is 0 Å². The first-order valence-electron chi connectivity index (χ1n) is 11.5. The summed E-state index contributed by atoms with van der Waals surface area (Å²) in [4.78, 5) is 53.9. The van der Waals surface area contributed by atoms with Gasteiger partial charge in [-0.3, -0.25) is 14.4 Å². The number of pyridine rings is 2. The number of cyclic esters (lactones) is 1. The lowest BCUT2D eigenvalue weighted by molar-refractivity contribution is -0.172. The minimum atomic E-state index is -1.93. The molecule has 4 heterocycles. The van der Waals surface area contributed by atoms with Crippen molar-refractivity contribution in [2.24, 2.45) is 0 Å². The molecule has 2 aliphatic heterocycles. The molecule has 186 valence electrons. The molecule has 2 aromatic heterocycles. The molecule has 1 aromatic carbocycles. The molecule has 0 spiro atoms. The fourth-order valence-electron chi connectivity index (χ4n) is 4.94. The number of aromatic nitrogens is 2. The van der Waals surface area contributed by atoms with Crippen molar-refractivity contribution < 1.29 is 33.7 Å². The summed E-state index contributed by atoms with van der Waals surface area (Å²) < 4.78 is 17.2. The van der Waals surface area contributed by atoms with Crippen molar-refractivity contribution in [2.45, 2.75) is 59.2 Å². The summed E-state index contributed by atoms with van der Waals surface area (Å²) in [5, 5.41) is 11.7. The minimum Gasteiger partial charge on any atom is -0.461 e. The van der Waals surface area contributed by atoms with Crippen LogP contribution in [0.15, 0.2) is 29.1 Å². The molecule has 1 atom stereocenters. The average Bonchev–Trinajstić information content (AvgIpc) is 3.21. The Hall–Kier alpha value is -4.05. The maximum Gasteiger partial charge on any atom is 0.343 e. The number of ether oxygens (including phenoxy) is 3. The number of hydrogen-bond acceptors (Lipinski definition) is 9. The first-order valence-corrected chi connectivity index (χ1v) is 11.5. The van der Waals surface area contributed by atoms with Gasteiger partial charge in [0, 0.05) is 35.9 Å². The number of carbonyl (C=O) groups excluding carboxylic acids is 3. The van der Waals surface area contributed by atoms with E-state index in [0.29, 0.717) is 39.0 Å². The quantitative estimate of drug-likeness (QED) is 0.329. The summed E-state index contributed by atoms with van der Waals surface area (Å²) in [7, 11) is 0. The van der Waals surface area contributed by atoms with Crippen LogP contribution in [0.3, 0.4) is 0 Å². The number of benzene rings is 1. The van der Waals surface area contributed by atoms with Gasteiger partial charge in [0.25, 0.3) is 5.56 Å². The Kier molecular flexibility index (Phi) is 5.63. The lowest BCUT2D eigenvalue weighted by Gasteiger charge is -2.31. The van der Waals surface area contributed by atoms with Crippen LogP contribution >= 0.6 is 0 Å². The number of hydrogen-bond donors (Lipinski definition) is 1. The third kappa shape index (κ3) is 3.56. The number of esters is 3. The average molecular weight is 492 g/mol. The molecule has 0 amide bonds. The van der Waals surface area contributed by atoms with Gasteiger partial charge in [-0.05, 0) is 24.1 Å². The van der Waals surface area contributed by atoms with Crippen LogP contribution in [0.1, 0.15) is 55.0 Å². The van der Waals surface area contributed by atoms with Crippen molar-refractivity contribution in [3.05, 3.63) is 62.4 Å². The van der Waals surface area contributed by atoms with Crippen molar-refractivity contribution in [1.29, 1.82) is 0 Å². The zero-order valence-corrected chi connectivity index (χ0v) is 20.0. The number of fused-ring (bicyclic) bond motifs is 5. The molecule has 1 N–H and O–H groups in total. The van der Waals surface area contributed by atoms with Crippen LogP contribution in [0.2, 0.25) is 0 Å². The fraction of sp³-hybridized carbons (Fsp3) is 0.346. The summed E-state index contributed by atoms with van der Waals surface area (Å²) >= 11 is 0. The van der Waals surface area contributed by atoms with E-state index in [1.54, 1.807) is 31.2 Å². The highest BCUT2D eigenvalue weighted by atomic mass is 16.6. The zero-order valence-electron chi connectivity index (χ0n) is 20.0. The fourth-order valence-corrected chi connectivity index (χ4v) is 4.94. The summed E-state index contributed by atoms with van der Waals surface area (Å²) in [6, 6.07) is 6.98. The van der Waals surface area contributed by atoms with Gasteiger partial charge in [0.2, 0.25) is 0 Å². The van der Waals surface area contributed by atoms with Gasteiger partial charge in [-0.2, -0.15) is 0 Å². The highest BCUT2D eigenvalue weighted by Gasteiger charge is 2.45. The molecule has 0 fully saturated rings. The molecule has 0 saturated heterocycles. The van der Waals surface area contributed by atoms with E-state index in [2.05, 4.69) is 0 Å². The van der Waals surface area contributed by atoms with Gasteiger partial charge in [-0.15, -0.1) is 0 Å². The van der Waals surface area contributed by atoms with Crippen LogP contribution in [0.5, 0.6) is 0 Å². The van der Waals surface area contributed by atoms with Crippen molar-refractivity contribution in [3.63, 3.8) is 0 Å². The van der Waals surface area contributed by atoms with Gasteiger partial charge in [-0.25, -0.2) is 9.78 Å². The second-order valence-electron chi connectivity index (χ2n) is 8.89. The lowest BCUT2D eigenvalue weighted by Crippen LogP contribution is -2.44. The molecule has 0 aliphatic carbocycles. The summed E-state index contributed by atoms with van der Waals surface area (Å²) in [5.74, 6) is -1.71. The number of carbonyl (C=O) groups is 3. The second kappa shape index (κ2) is 8.56. The molecular formula is C26H24N2O8. The van der Waals surface area contributed by atoms with Crippen molar-refractivity contribution in [3.8, 4) is 11.4 Å². The third-order valence-electron chi connectivity index (χ3n) is 6.77. The lowest BCUT2D eigenvalue weighted by atomic mass is 9.86. The van der Waals surface area contributed by atoms with E-state index in [9.17, 15) is 24.3 Å². The minimum absolute atomic E-state index is 0.00435. The molecule has 5 rings (SSSR count). The normalized spacial score (nSPS) is 17.7. The Bertz CT molecular complexity index is 1520. The third-order valence-corrected chi connectivity index (χ3v) is 6.77. The topological polar surface area (TPSA) is 134 Å². The smallest absolute Gasteiger partial charge is 0.343 e. The summed E-state index contributed by atoms with van der Waals surface area (Å²) in [6.07, 6.45) is 0.0386. The molecule has 0 unspecified atom stereocenters. The maximum absolute atomic E-state index is 13.5. The molecule has 10 heteroatoms. The summed E-state index contributed by atoms with van der Waals surface area (Å²) in [6.45, 7) is 4.12. The van der Waals surface area contributed by atoms with Crippen LogP contribution in [-0.4, -0.2) is 32.6 Å². The van der Waals surface area contributed by atoms with Crippen molar-refractivity contribution >= 4 is 28.8 Å². The molecular weight excluding hydrogens is 468 g/mol. The van der Waals surface area contributed by atoms with Gasteiger partial charge < -0.3 is 23.9 Å². The zero-order chi connectivity index (χ0) is 25.8. The molecule has 2 aliphatic rings. The van der Waals surface area contributed by atoms with Gasteiger partial charge in [0.1, 0.15) is 19.8 Å². The van der Waals surface area contributed by atoms with Gasteiger partial charge in [-0.1, -0.05) is 19.1 Å². The Morgan fingerprint density at radius 2 is 1.86 bits per heavy atom.